The minimum Gasteiger partial charge on any atom is -0.377 e. The molecule has 0 amide bonds. The SMILES string of the molecule is CCCNC(COC(C)C)c1ccn(C)n1. The predicted molar refractivity (Wildman–Crippen MR) is 65.3 cm³/mol. The van der Waals surface area contributed by atoms with Crippen molar-refractivity contribution in [1.29, 1.82) is 0 Å². The third kappa shape index (κ3) is 4.33. The van der Waals surface area contributed by atoms with Crippen molar-refractivity contribution in [2.75, 3.05) is 13.2 Å². The Labute approximate surface area is 98.0 Å². The number of ether oxygens (including phenoxy) is 1. The summed E-state index contributed by atoms with van der Waals surface area (Å²) in [6.07, 6.45) is 3.34. The topological polar surface area (TPSA) is 39.1 Å². The van der Waals surface area contributed by atoms with Crippen LogP contribution in [0.2, 0.25) is 0 Å². The zero-order chi connectivity index (χ0) is 12.0. The third-order valence-corrected chi connectivity index (χ3v) is 2.33. The fourth-order valence-corrected chi connectivity index (χ4v) is 1.48. The number of aromatic nitrogens is 2. The van der Waals surface area contributed by atoms with Crippen molar-refractivity contribution in [2.24, 2.45) is 7.05 Å². The molecule has 1 N–H and O–H groups in total. The molecule has 0 spiro atoms. The maximum Gasteiger partial charge on any atom is 0.0817 e. The second kappa shape index (κ2) is 6.66. The molecule has 1 atom stereocenters. The lowest BCUT2D eigenvalue weighted by Crippen LogP contribution is -2.28. The number of hydrogen-bond acceptors (Lipinski definition) is 3. The number of hydrogen-bond donors (Lipinski definition) is 1. The molecule has 4 heteroatoms. The van der Waals surface area contributed by atoms with E-state index in [9.17, 15) is 0 Å². The van der Waals surface area contributed by atoms with Crippen LogP contribution in [0.5, 0.6) is 0 Å². The zero-order valence-electron chi connectivity index (χ0n) is 10.7. The van der Waals surface area contributed by atoms with Crippen LogP contribution in [0.25, 0.3) is 0 Å². The predicted octanol–water partition coefficient (Wildman–Crippen LogP) is 1.89. The van der Waals surface area contributed by atoms with Crippen molar-refractivity contribution in [1.82, 2.24) is 15.1 Å². The van der Waals surface area contributed by atoms with Crippen LogP contribution < -0.4 is 5.32 Å². The summed E-state index contributed by atoms with van der Waals surface area (Å²) in [6.45, 7) is 7.92. The van der Waals surface area contributed by atoms with E-state index >= 15 is 0 Å². The summed E-state index contributed by atoms with van der Waals surface area (Å²) in [7, 11) is 1.93. The first-order chi connectivity index (χ1) is 7.63. The van der Waals surface area contributed by atoms with Crippen molar-refractivity contribution >= 4 is 0 Å². The lowest BCUT2D eigenvalue weighted by atomic mass is 10.2. The lowest BCUT2D eigenvalue weighted by molar-refractivity contribution is 0.0602. The molecule has 0 aliphatic carbocycles. The van der Waals surface area contributed by atoms with Gasteiger partial charge in [0, 0.05) is 13.2 Å². The average Bonchev–Trinajstić information content (AvgIpc) is 2.64. The van der Waals surface area contributed by atoms with Gasteiger partial charge in [0.2, 0.25) is 0 Å². The van der Waals surface area contributed by atoms with Gasteiger partial charge in [0.25, 0.3) is 0 Å². The first-order valence-electron chi connectivity index (χ1n) is 5.98. The Kier molecular flexibility index (Phi) is 5.49. The quantitative estimate of drug-likeness (QED) is 0.770. The van der Waals surface area contributed by atoms with Gasteiger partial charge in [-0.2, -0.15) is 5.10 Å². The highest BCUT2D eigenvalue weighted by molar-refractivity contribution is 5.05. The highest BCUT2D eigenvalue weighted by Gasteiger charge is 2.14. The van der Waals surface area contributed by atoms with Gasteiger partial charge in [0.05, 0.1) is 24.4 Å². The summed E-state index contributed by atoms with van der Waals surface area (Å²) < 4.78 is 7.48. The van der Waals surface area contributed by atoms with Crippen molar-refractivity contribution < 1.29 is 4.74 Å². The van der Waals surface area contributed by atoms with E-state index in [-0.39, 0.29) is 12.1 Å². The van der Waals surface area contributed by atoms with Crippen LogP contribution in [0, 0.1) is 0 Å². The molecule has 0 fully saturated rings. The van der Waals surface area contributed by atoms with E-state index in [0.29, 0.717) is 6.61 Å². The number of rotatable bonds is 7. The molecule has 16 heavy (non-hydrogen) atoms. The first-order valence-corrected chi connectivity index (χ1v) is 5.98. The molecule has 0 saturated heterocycles. The van der Waals surface area contributed by atoms with Gasteiger partial charge < -0.3 is 10.1 Å². The van der Waals surface area contributed by atoms with Gasteiger partial charge in [-0.05, 0) is 32.9 Å². The van der Waals surface area contributed by atoms with Crippen LogP contribution in [-0.4, -0.2) is 29.0 Å². The van der Waals surface area contributed by atoms with Crippen LogP contribution in [0.15, 0.2) is 12.3 Å². The van der Waals surface area contributed by atoms with E-state index in [1.807, 2.05) is 24.0 Å². The second-order valence-electron chi connectivity index (χ2n) is 4.30. The second-order valence-corrected chi connectivity index (χ2v) is 4.30. The maximum absolute atomic E-state index is 5.65. The molecule has 1 rings (SSSR count). The fourth-order valence-electron chi connectivity index (χ4n) is 1.48. The molecule has 0 aliphatic rings. The highest BCUT2D eigenvalue weighted by Crippen LogP contribution is 2.11. The van der Waals surface area contributed by atoms with Crippen molar-refractivity contribution in [3.05, 3.63) is 18.0 Å². The molecule has 0 radical (unpaired) electrons. The van der Waals surface area contributed by atoms with Gasteiger partial charge in [-0.3, -0.25) is 4.68 Å². The van der Waals surface area contributed by atoms with Crippen molar-refractivity contribution in [3.8, 4) is 0 Å². The van der Waals surface area contributed by atoms with Gasteiger partial charge in [0.1, 0.15) is 0 Å². The third-order valence-electron chi connectivity index (χ3n) is 2.33. The number of aryl methyl sites for hydroxylation is 1. The molecule has 4 nitrogen and oxygen atoms in total. The Hall–Kier alpha value is -0.870. The van der Waals surface area contributed by atoms with Gasteiger partial charge in [-0.1, -0.05) is 6.92 Å². The Morgan fingerprint density at radius 1 is 1.50 bits per heavy atom. The van der Waals surface area contributed by atoms with Gasteiger partial charge >= 0.3 is 0 Å². The molecule has 0 saturated carbocycles. The molecule has 1 aromatic heterocycles. The molecule has 92 valence electrons. The molecular formula is C12H23N3O. The van der Waals surface area contributed by atoms with Crippen LogP contribution in [-0.2, 0) is 11.8 Å². The van der Waals surface area contributed by atoms with E-state index in [2.05, 4.69) is 31.2 Å². The van der Waals surface area contributed by atoms with E-state index in [4.69, 9.17) is 4.74 Å². The molecule has 0 aromatic carbocycles. The van der Waals surface area contributed by atoms with E-state index in [0.717, 1.165) is 18.7 Å². The molecule has 1 unspecified atom stereocenters. The monoisotopic (exact) mass is 225 g/mol. The summed E-state index contributed by atoms with van der Waals surface area (Å²) in [5.74, 6) is 0. The van der Waals surface area contributed by atoms with Crippen LogP contribution >= 0.6 is 0 Å². The molecular weight excluding hydrogens is 202 g/mol. The standard InChI is InChI=1S/C12H23N3O/c1-5-7-13-12(9-16-10(2)3)11-6-8-15(4)14-11/h6,8,10,12-13H,5,7,9H2,1-4H3. The summed E-state index contributed by atoms with van der Waals surface area (Å²) >= 11 is 0. The molecule has 0 aliphatic heterocycles. The lowest BCUT2D eigenvalue weighted by Gasteiger charge is -2.18. The minimum absolute atomic E-state index is 0.198. The van der Waals surface area contributed by atoms with Gasteiger partial charge in [0.15, 0.2) is 0 Å². The van der Waals surface area contributed by atoms with E-state index < -0.39 is 0 Å². The summed E-state index contributed by atoms with van der Waals surface area (Å²) in [6, 6.07) is 2.24. The van der Waals surface area contributed by atoms with Crippen LogP contribution in [0.4, 0.5) is 0 Å². The van der Waals surface area contributed by atoms with Crippen molar-refractivity contribution in [3.63, 3.8) is 0 Å². The normalized spacial score (nSPS) is 13.3. The maximum atomic E-state index is 5.65. The molecule has 1 aromatic rings. The van der Waals surface area contributed by atoms with E-state index in [1.54, 1.807) is 0 Å². The fraction of sp³-hybridized carbons (Fsp3) is 0.750. The average molecular weight is 225 g/mol. The summed E-state index contributed by atoms with van der Waals surface area (Å²) in [4.78, 5) is 0. The summed E-state index contributed by atoms with van der Waals surface area (Å²) in [5.41, 5.74) is 1.05. The molecule has 0 bridgehead atoms. The largest absolute Gasteiger partial charge is 0.377 e. The minimum atomic E-state index is 0.198. The van der Waals surface area contributed by atoms with Crippen LogP contribution in [0.3, 0.4) is 0 Å². The van der Waals surface area contributed by atoms with Gasteiger partial charge in [-0.15, -0.1) is 0 Å². The van der Waals surface area contributed by atoms with Crippen molar-refractivity contribution in [2.45, 2.75) is 39.3 Å². The number of nitrogens with one attached hydrogen (secondary N) is 1. The summed E-state index contributed by atoms with van der Waals surface area (Å²) in [5, 5.41) is 7.87. The Morgan fingerprint density at radius 3 is 2.75 bits per heavy atom. The smallest absolute Gasteiger partial charge is 0.0817 e. The number of nitrogens with zero attached hydrogens (tertiary/aromatic N) is 2. The Morgan fingerprint density at radius 2 is 2.25 bits per heavy atom. The Balaban J connectivity index is 2.55. The zero-order valence-corrected chi connectivity index (χ0v) is 10.7. The van der Waals surface area contributed by atoms with Gasteiger partial charge in [-0.25, -0.2) is 0 Å². The van der Waals surface area contributed by atoms with Crippen LogP contribution in [0.1, 0.15) is 38.9 Å². The highest BCUT2D eigenvalue weighted by atomic mass is 16.5. The first kappa shape index (κ1) is 13.2. The Bertz CT molecular complexity index is 296. The van der Waals surface area contributed by atoms with E-state index in [1.165, 1.54) is 0 Å². The molecule has 1 heterocycles.